The second-order valence-corrected chi connectivity index (χ2v) is 5.29. The van der Waals surface area contributed by atoms with Crippen LogP contribution in [0.5, 0.6) is 0 Å². The molecule has 86 valence electrons. The van der Waals surface area contributed by atoms with Crippen molar-refractivity contribution in [3.8, 4) is 0 Å². The zero-order valence-electron chi connectivity index (χ0n) is 9.55. The van der Waals surface area contributed by atoms with E-state index in [2.05, 4.69) is 41.7 Å². The molecule has 0 saturated carbocycles. The predicted molar refractivity (Wildman–Crippen MR) is 75.6 cm³/mol. The van der Waals surface area contributed by atoms with E-state index in [1.807, 2.05) is 18.2 Å². The third kappa shape index (κ3) is 1.48. The van der Waals surface area contributed by atoms with Gasteiger partial charge in [-0.2, -0.15) is 0 Å². The molecule has 3 aromatic rings. The molecule has 0 atom stereocenters. The SMILES string of the molecule is c1ccc2c(c1)Nc1cc3ccccc3nc1S2. The molecule has 2 aromatic carbocycles. The molecule has 0 unspecified atom stereocenters. The van der Waals surface area contributed by atoms with Gasteiger partial charge in [0.15, 0.2) is 0 Å². The van der Waals surface area contributed by atoms with E-state index in [9.17, 15) is 0 Å². The van der Waals surface area contributed by atoms with Crippen LogP contribution in [0, 0.1) is 0 Å². The smallest absolute Gasteiger partial charge is 0.125 e. The van der Waals surface area contributed by atoms with Crippen LogP contribution in [0.15, 0.2) is 64.5 Å². The molecule has 1 aromatic heterocycles. The van der Waals surface area contributed by atoms with Gasteiger partial charge in [0.05, 0.1) is 16.9 Å². The molecule has 1 N–H and O–H groups in total. The number of benzene rings is 2. The maximum Gasteiger partial charge on any atom is 0.125 e. The average Bonchev–Trinajstić information content (AvgIpc) is 2.42. The number of hydrogen-bond acceptors (Lipinski definition) is 3. The highest BCUT2D eigenvalue weighted by Gasteiger charge is 2.16. The fourth-order valence-corrected chi connectivity index (χ4v) is 3.12. The van der Waals surface area contributed by atoms with Gasteiger partial charge in [-0.15, -0.1) is 0 Å². The van der Waals surface area contributed by atoms with Gasteiger partial charge in [-0.25, -0.2) is 4.98 Å². The number of para-hydroxylation sites is 2. The lowest BCUT2D eigenvalue weighted by atomic mass is 10.2. The van der Waals surface area contributed by atoms with Crippen molar-refractivity contribution in [2.45, 2.75) is 9.92 Å². The Morgan fingerprint density at radius 3 is 2.72 bits per heavy atom. The molecule has 18 heavy (non-hydrogen) atoms. The summed E-state index contributed by atoms with van der Waals surface area (Å²) in [7, 11) is 0. The van der Waals surface area contributed by atoms with Crippen LogP contribution in [0.4, 0.5) is 11.4 Å². The Bertz CT molecular complexity index is 689. The Labute approximate surface area is 109 Å². The highest BCUT2D eigenvalue weighted by atomic mass is 32.2. The van der Waals surface area contributed by atoms with E-state index in [4.69, 9.17) is 4.98 Å². The lowest BCUT2D eigenvalue weighted by Gasteiger charge is -2.20. The summed E-state index contributed by atoms with van der Waals surface area (Å²) in [6.07, 6.45) is 0. The molecule has 0 fully saturated rings. The molecule has 2 heterocycles. The first kappa shape index (κ1) is 9.97. The summed E-state index contributed by atoms with van der Waals surface area (Å²) in [5.74, 6) is 0. The van der Waals surface area contributed by atoms with Crippen molar-refractivity contribution >= 4 is 34.0 Å². The van der Waals surface area contributed by atoms with Gasteiger partial charge in [-0.05, 0) is 24.3 Å². The minimum Gasteiger partial charge on any atom is -0.352 e. The van der Waals surface area contributed by atoms with Gasteiger partial charge in [0.1, 0.15) is 5.03 Å². The first-order valence-electron chi connectivity index (χ1n) is 5.84. The number of rotatable bonds is 0. The van der Waals surface area contributed by atoms with Crippen molar-refractivity contribution in [3.05, 3.63) is 54.6 Å². The Morgan fingerprint density at radius 1 is 0.889 bits per heavy atom. The lowest BCUT2D eigenvalue weighted by molar-refractivity contribution is 1.16. The van der Waals surface area contributed by atoms with Gasteiger partial charge in [-0.3, -0.25) is 0 Å². The number of fused-ring (bicyclic) bond motifs is 3. The van der Waals surface area contributed by atoms with Gasteiger partial charge in [0, 0.05) is 10.3 Å². The summed E-state index contributed by atoms with van der Waals surface area (Å²) in [5.41, 5.74) is 3.30. The standard InChI is InChI=1S/C15H10N2S/c1-2-6-11-10(5-1)9-13-15(17-11)18-14-8-4-3-7-12(14)16-13/h1-9,16H. The average molecular weight is 250 g/mol. The Balaban J connectivity index is 1.92. The molecular weight excluding hydrogens is 240 g/mol. The fourth-order valence-electron chi connectivity index (χ4n) is 2.17. The van der Waals surface area contributed by atoms with Crippen LogP contribution < -0.4 is 5.32 Å². The summed E-state index contributed by atoms with van der Waals surface area (Å²) >= 11 is 1.72. The molecule has 0 radical (unpaired) electrons. The van der Waals surface area contributed by atoms with E-state index in [0.717, 1.165) is 21.9 Å². The van der Waals surface area contributed by atoms with Crippen LogP contribution in [-0.2, 0) is 0 Å². The first-order valence-corrected chi connectivity index (χ1v) is 6.65. The van der Waals surface area contributed by atoms with Crippen molar-refractivity contribution in [3.63, 3.8) is 0 Å². The van der Waals surface area contributed by atoms with E-state index in [1.54, 1.807) is 11.8 Å². The summed E-state index contributed by atoms with van der Waals surface area (Å²) in [5, 5.41) is 5.67. The molecule has 0 spiro atoms. The number of anilines is 2. The predicted octanol–water partition coefficient (Wildman–Crippen LogP) is 4.44. The third-order valence-electron chi connectivity index (χ3n) is 3.05. The number of nitrogens with one attached hydrogen (secondary N) is 1. The van der Waals surface area contributed by atoms with Crippen LogP contribution in [0.25, 0.3) is 10.9 Å². The molecule has 0 amide bonds. The first-order chi connectivity index (χ1) is 8.90. The van der Waals surface area contributed by atoms with E-state index in [0.29, 0.717) is 0 Å². The van der Waals surface area contributed by atoms with Gasteiger partial charge >= 0.3 is 0 Å². The highest BCUT2D eigenvalue weighted by Crippen LogP contribution is 2.43. The minimum absolute atomic E-state index is 1.05. The van der Waals surface area contributed by atoms with E-state index >= 15 is 0 Å². The van der Waals surface area contributed by atoms with Crippen LogP contribution in [0.2, 0.25) is 0 Å². The summed E-state index contributed by atoms with van der Waals surface area (Å²) < 4.78 is 0. The molecule has 3 heteroatoms. The molecule has 0 aliphatic carbocycles. The number of aromatic nitrogens is 1. The Hall–Kier alpha value is -2.00. The van der Waals surface area contributed by atoms with Crippen molar-refractivity contribution in [2.24, 2.45) is 0 Å². The Kier molecular flexibility index (Phi) is 2.08. The van der Waals surface area contributed by atoms with Crippen LogP contribution in [-0.4, -0.2) is 4.98 Å². The summed E-state index contributed by atoms with van der Waals surface area (Å²) in [6.45, 7) is 0. The van der Waals surface area contributed by atoms with Crippen LogP contribution >= 0.6 is 11.8 Å². The van der Waals surface area contributed by atoms with Gasteiger partial charge in [0.2, 0.25) is 0 Å². The Morgan fingerprint density at radius 2 is 1.72 bits per heavy atom. The van der Waals surface area contributed by atoms with Crippen LogP contribution in [0.3, 0.4) is 0 Å². The normalized spacial score (nSPS) is 12.7. The fraction of sp³-hybridized carbons (Fsp3) is 0. The second kappa shape index (κ2) is 3.75. The van der Waals surface area contributed by atoms with E-state index in [-0.39, 0.29) is 0 Å². The maximum absolute atomic E-state index is 4.72. The molecule has 1 aliphatic rings. The molecule has 1 aliphatic heterocycles. The van der Waals surface area contributed by atoms with E-state index in [1.165, 1.54) is 10.3 Å². The summed E-state index contributed by atoms with van der Waals surface area (Å²) in [6, 6.07) is 18.7. The summed E-state index contributed by atoms with van der Waals surface area (Å²) in [4.78, 5) is 5.94. The monoisotopic (exact) mass is 250 g/mol. The largest absolute Gasteiger partial charge is 0.352 e. The van der Waals surface area contributed by atoms with Crippen LogP contribution in [0.1, 0.15) is 0 Å². The molecule has 4 rings (SSSR count). The zero-order chi connectivity index (χ0) is 11.9. The maximum atomic E-state index is 4.72. The molecular formula is C15H10N2S. The quantitative estimate of drug-likeness (QED) is 0.499. The van der Waals surface area contributed by atoms with E-state index < -0.39 is 0 Å². The number of hydrogen-bond donors (Lipinski definition) is 1. The number of nitrogens with zero attached hydrogens (tertiary/aromatic N) is 1. The van der Waals surface area contributed by atoms with Crippen molar-refractivity contribution in [1.82, 2.24) is 4.98 Å². The van der Waals surface area contributed by atoms with Gasteiger partial charge in [0.25, 0.3) is 0 Å². The topological polar surface area (TPSA) is 24.9 Å². The number of pyridine rings is 1. The second-order valence-electron chi connectivity index (χ2n) is 4.26. The van der Waals surface area contributed by atoms with Crippen molar-refractivity contribution in [2.75, 3.05) is 5.32 Å². The van der Waals surface area contributed by atoms with Crippen molar-refractivity contribution in [1.29, 1.82) is 0 Å². The molecule has 2 nitrogen and oxygen atoms in total. The van der Waals surface area contributed by atoms with Gasteiger partial charge < -0.3 is 5.32 Å². The molecule has 0 saturated heterocycles. The zero-order valence-corrected chi connectivity index (χ0v) is 10.4. The minimum atomic E-state index is 1.05. The lowest BCUT2D eigenvalue weighted by Crippen LogP contribution is -2.01. The third-order valence-corrected chi connectivity index (χ3v) is 4.13. The highest BCUT2D eigenvalue weighted by molar-refractivity contribution is 7.99. The van der Waals surface area contributed by atoms with Crippen molar-refractivity contribution < 1.29 is 0 Å². The molecule has 0 bridgehead atoms. The van der Waals surface area contributed by atoms with Gasteiger partial charge in [-0.1, -0.05) is 42.1 Å².